The van der Waals surface area contributed by atoms with Crippen molar-refractivity contribution in [2.75, 3.05) is 0 Å². The molecule has 4 aromatic carbocycles. The zero-order valence-corrected chi connectivity index (χ0v) is 18.0. The van der Waals surface area contributed by atoms with E-state index in [2.05, 4.69) is 61.2 Å². The van der Waals surface area contributed by atoms with Crippen LogP contribution in [0.5, 0.6) is 0 Å². The molecule has 0 radical (unpaired) electrons. The standard InChI is InChI=1S/C17H12F2.C13H12/c18-15-7-3-13(4-8-15)17(11-12-1-2-12)14-5-9-16(19)10-6-14;1-11-7-5-6-10-13(11)12-8-3-2-4-9-12/h3-10H,1-2H2;2-10H,1H3. The minimum atomic E-state index is -0.263. The summed E-state index contributed by atoms with van der Waals surface area (Å²) in [5.74, 6) is -0.525. The Hall–Kier alpha value is -3.74. The van der Waals surface area contributed by atoms with Gasteiger partial charge in [0.2, 0.25) is 0 Å². The monoisotopic (exact) mass is 422 g/mol. The summed E-state index contributed by atoms with van der Waals surface area (Å²) in [5.41, 5.74) is 11.2. The predicted octanol–water partition coefficient (Wildman–Crippen LogP) is 8.38. The maximum absolute atomic E-state index is 13.0. The molecular weight excluding hydrogens is 398 g/mol. The average Bonchev–Trinajstić information content (AvgIpc) is 3.65. The molecule has 0 heterocycles. The van der Waals surface area contributed by atoms with Gasteiger partial charge in [0.1, 0.15) is 11.6 Å². The summed E-state index contributed by atoms with van der Waals surface area (Å²) in [6.45, 7) is 2.14. The lowest BCUT2D eigenvalue weighted by molar-refractivity contribution is 0.627. The van der Waals surface area contributed by atoms with E-state index in [1.54, 1.807) is 24.3 Å². The fourth-order valence-electron chi connectivity index (χ4n) is 3.42. The van der Waals surface area contributed by atoms with Gasteiger partial charge >= 0.3 is 0 Å². The molecule has 0 bridgehead atoms. The maximum atomic E-state index is 13.0. The molecule has 0 aliphatic heterocycles. The first-order chi connectivity index (χ1) is 15.6. The highest BCUT2D eigenvalue weighted by Crippen LogP contribution is 2.31. The van der Waals surface area contributed by atoms with Crippen LogP contribution in [0.3, 0.4) is 0 Å². The molecular formula is C30H24F2. The second kappa shape index (κ2) is 10.0. The van der Waals surface area contributed by atoms with Gasteiger partial charge in [0.15, 0.2) is 0 Å². The van der Waals surface area contributed by atoms with Gasteiger partial charge in [-0.05, 0) is 77.4 Å². The highest BCUT2D eigenvalue weighted by Gasteiger charge is 2.12. The highest BCUT2D eigenvalue weighted by atomic mass is 19.1. The first-order valence-corrected chi connectivity index (χ1v) is 10.7. The van der Waals surface area contributed by atoms with Crippen molar-refractivity contribution in [2.45, 2.75) is 19.8 Å². The van der Waals surface area contributed by atoms with E-state index in [9.17, 15) is 8.78 Å². The topological polar surface area (TPSA) is 0 Å². The predicted molar refractivity (Wildman–Crippen MR) is 128 cm³/mol. The molecule has 1 aliphatic rings. The third-order valence-electron chi connectivity index (χ3n) is 5.30. The number of hydrogen-bond donors (Lipinski definition) is 0. The van der Waals surface area contributed by atoms with Crippen LogP contribution in [0.15, 0.2) is 114 Å². The molecule has 0 aromatic heterocycles. The summed E-state index contributed by atoms with van der Waals surface area (Å²) < 4.78 is 26.0. The number of aryl methyl sites for hydroxylation is 1. The Kier molecular flexibility index (Phi) is 6.75. The van der Waals surface area contributed by atoms with Crippen LogP contribution in [-0.4, -0.2) is 0 Å². The summed E-state index contributed by atoms with van der Waals surface area (Å²) in [6.07, 6.45) is 2.12. The lowest BCUT2D eigenvalue weighted by atomic mass is 9.98. The van der Waals surface area contributed by atoms with Crippen molar-refractivity contribution < 1.29 is 8.78 Å². The molecule has 1 saturated carbocycles. The van der Waals surface area contributed by atoms with Gasteiger partial charge in [-0.3, -0.25) is 0 Å². The zero-order chi connectivity index (χ0) is 22.3. The summed E-state index contributed by atoms with van der Waals surface area (Å²) in [7, 11) is 0. The second-order valence-corrected chi connectivity index (χ2v) is 7.80. The van der Waals surface area contributed by atoms with Crippen LogP contribution >= 0.6 is 0 Å². The zero-order valence-electron chi connectivity index (χ0n) is 18.0. The largest absolute Gasteiger partial charge is 0.207 e. The van der Waals surface area contributed by atoms with Gasteiger partial charge < -0.3 is 0 Å². The van der Waals surface area contributed by atoms with Gasteiger partial charge in [0, 0.05) is 5.57 Å². The Morgan fingerprint density at radius 1 is 0.625 bits per heavy atom. The lowest BCUT2D eigenvalue weighted by Crippen LogP contribution is -1.88. The van der Waals surface area contributed by atoms with Crippen LogP contribution in [0.4, 0.5) is 8.78 Å². The summed E-state index contributed by atoms with van der Waals surface area (Å²) in [5, 5.41) is 0. The van der Waals surface area contributed by atoms with Crippen LogP contribution < -0.4 is 0 Å². The van der Waals surface area contributed by atoms with E-state index in [0.29, 0.717) is 0 Å². The van der Waals surface area contributed by atoms with Gasteiger partial charge in [-0.25, -0.2) is 8.78 Å². The minimum absolute atomic E-state index is 0.263. The molecule has 0 nitrogen and oxygen atoms in total. The van der Waals surface area contributed by atoms with E-state index in [-0.39, 0.29) is 11.6 Å². The minimum Gasteiger partial charge on any atom is -0.207 e. The van der Waals surface area contributed by atoms with Crippen LogP contribution in [-0.2, 0) is 0 Å². The van der Waals surface area contributed by atoms with E-state index in [1.165, 1.54) is 46.5 Å². The van der Waals surface area contributed by atoms with Crippen molar-refractivity contribution in [2.24, 2.45) is 0 Å². The quantitative estimate of drug-likeness (QED) is 0.291. The molecule has 158 valence electrons. The molecule has 1 fully saturated rings. The first-order valence-electron chi connectivity index (χ1n) is 10.7. The maximum Gasteiger partial charge on any atom is 0.123 e. The molecule has 2 heteroatoms. The van der Waals surface area contributed by atoms with Gasteiger partial charge in [-0.1, -0.05) is 78.9 Å². The highest BCUT2D eigenvalue weighted by molar-refractivity contribution is 5.79. The molecule has 1 aliphatic carbocycles. The molecule has 0 spiro atoms. The van der Waals surface area contributed by atoms with Gasteiger partial charge in [0.25, 0.3) is 0 Å². The molecule has 4 aromatic rings. The molecule has 32 heavy (non-hydrogen) atoms. The van der Waals surface area contributed by atoms with Crippen LogP contribution in [0.25, 0.3) is 16.7 Å². The lowest BCUT2D eigenvalue weighted by Gasteiger charge is -2.05. The van der Waals surface area contributed by atoms with E-state index >= 15 is 0 Å². The van der Waals surface area contributed by atoms with Gasteiger partial charge in [-0.2, -0.15) is 0 Å². The molecule has 0 N–H and O–H groups in total. The second-order valence-electron chi connectivity index (χ2n) is 7.80. The fraction of sp³-hybridized carbons (Fsp3) is 0.100. The van der Waals surface area contributed by atoms with Gasteiger partial charge in [0.05, 0.1) is 0 Å². The normalized spacial score (nSPS) is 11.8. The van der Waals surface area contributed by atoms with E-state index in [1.807, 2.05) is 6.07 Å². The van der Waals surface area contributed by atoms with Crippen molar-refractivity contribution in [1.29, 1.82) is 0 Å². The Bertz CT molecular complexity index is 1190. The Morgan fingerprint density at radius 2 is 1.12 bits per heavy atom. The first kappa shape index (κ1) is 21.5. The van der Waals surface area contributed by atoms with Crippen LogP contribution in [0.2, 0.25) is 0 Å². The molecule has 0 saturated heterocycles. The Morgan fingerprint density at radius 3 is 1.62 bits per heavy atom. The molecule has 0 atom stereocenters. The fourth-order valence-corrected chi connectivity index (χ4v) is 3.42. The summed E-state index contributed by atoms with van der Waals surface area (Å²) >= 11 is 0. The third-order valence-corrected chi connectivity index (χ3v) is 5.30. The Labute approximate surface area is 188 Å². The van der Waals surface area contributed by atoms with Crippen molar-refractivity contribution in [3.05, 3.63) is 143 Å². The van der Waals surface area contributed by atoms with E-state index in [0.717, 1.165) is 29.5 Å². The van der Waals surface area contributed by atoms with Crippen LogP contribution in [0.1, 0.15) is 29.5 Å². The summed E-state index contributed by atoms with van der Waals surface area (Å²) in [4.78, 5) is 0. The number of halogens is 2. The third kappa shape index (κ3) is 5.69. The number of benzene rings is 4. The van der Waals surface area contributed by atoms with Gasteiger partial charge in [-0.15, -0.1) is 5.73 Å². The molecule has 0 amide bonds. The van der Waals surface area contributed by atoms with Crippen LogP contribution in [0, 0.1) is 18.6 Å². The summed E-state index contributed by atoms with van der Waals surface area (Å²) in [6, 6.07) is 31.5. The molecule has 5 rings (SSSR count). The van der Waals surface area contributed by atoms with E-state index in [4.69, 9.17) is 0 Å². The Balaban J connectivity index is 0.000000165. The number of rotatable bonds is 3. The average molecular weight is 423 g/mol. The number of hydrogen-bond acceptors (Lipinski definition) is 0. The number of allylic oxidation sites excluding steroid dienone is 1. The van der Waals surface area contributed by atoms with E-state index < -0.39 is 0 Å². The van der Waals surface area contributed by atoms with Crippen molar-refractivity contribution in [3.63, 3.8) is 0 Å². The molecule has 0 unspecified atom stereocenters. The SMILES string of the molecule is Cc1ccccc1-c1ccccc1.Fc1ccc(C(=C=C2CC2)c2ccc(F)cc2)cc1. The van der Waals surface area contributed by atoms with Crippen molar-refractivity contribution >= 4 is 5.57 Å². The van der Waals surface area contributed by atoms with Crippen molar-refractivity contribution in [3.8, 4) is 11.1 Å². The van der Waals surface area contributed by atoms with Crippen molar-refractivity contribution in [1.82, 2.24) is 0 Å². The smallest absolute Gasteiger partial charge is 0.123 e.